The van der Waals surface area contributed by atoms with Crippen molar-refractivity contribution in [3.8, 4) is 5.75 Å². The molecule has 6 heteroatoms. The smallest absolute Gasteiger partial charge is 0.195 e. The summed E-state index contributed by atoms with van der Waals surface area (Å²) in [5.74, 6) is 1.91. The Hall–Kier alpha value is -2.15. The molecule has 2 fully saturated rings. The maximum Gasteiger partial charge on any atom is 0.195 e. The van der Waals surface area contributed by atoms with Gasteiger partial charge in [-0.15, -0.1) is 0 Å². The van der Waals surface area contributed by atoms with Crippen LogP contribution in [0.4, 0.5) is 0 Å². The molecule has 172 valence electrons. The van der Waals surface area contributed by atoms with Gasteiger partial charge in [-0.05, 0) is 67.7 Å². The predicted molar refractivity (Wildman–Crippen MR) is 132 cm³/mol. The van der Waals surface area contributed by atoms with Crippen molar-refractivity contribution in [1.29, 1.82) is 0 Å². The molecule has 0 amide bonds. The largest absolute Gasteiger partial charge is 0.490 e. The minimum absolute atomic E-state index is 0.0849. The Labute approximate surface area is 202 Å². The van der Waals surface area contributed by atoms with Gasteiger partial charge in [0.15, 0.2) is 5.78 Å². The van der Waals surface area contributed by atoms with Gasteiger partial charge in [0.1, 0.15) is 11.9 Å². The van der Waals surface area contributed by atoms with Crippen LogP contribution in [-0.4, -0.2) is 43.2 Å². The first kappa shape index (κ1) is 21.4. The van der Waals surface area contributed by atoms with Crippen molar-refractivity contribution in [2.24, 2.45) is 11.8 Å². The van der Waals surface area contributed by atoms with Crippen LogP contribution in [0.25, 0.3) is 10.9 Å². The number of fused-ring (bicyclic) bond motifs is 4. The Morgan fingerprint density at radius 3 is 2.61 bits per heavy atom. The monoisotopic (exact) mass is 508 g/mol. The second kappa shape index (κ2) is 7.97. The first-order valence-electron chi connectivity index (χ1n) is 11.9. The molecule has 0 saturated carbocycles. The first-order chi connectivity index (χ1) is 15.9. The molecule has 3 heterocycles. The summed E-state index contributed by atoms with van der Waals surface area (Å²) in [5.41, 5.74) is 4.21. The van der Waals surface area contributed by atoms with Crippen molar-refractivity contribution in [3.63, 3.8) is 0 Å². The van der Waals surface area contributed by atoms with Crippen molar-refractivity contribution in [3.05, 3.63) is 63.3 Å². The van der Waals surface area contributed by atoms with Gasteiger partial charge < -0.3 is 19.8 Å². The number of halogens is 1. The fourth-order valence-corrected chi connectivity index (χ4v) is 6.17. The van der Waals surface area contributed by atoms with Crippen LogP contribution in [0.15, 0.2) is 40.9 Å². The molecule has 2 N–H and O–H groups in total. The van der Waals surface area contributed by atoms with Gasteiger partial charge in [0.25, 0.3) is 0 Å². The minimum Gasteiger partial charge on any atom is -0.490 e. The van der Waals surface area contributed by atoms with Gasteiger partial charge in [-0.3, -0.25) is 4.79 Å². The number of ketones is 1. The summed E-state index contributed by atoms with van der Waals surface area (Å²) in [5, 5.41) is 4.44. The van der Waals surface area contributed by atoms with Crippen LogP contribution in [0.2, 0.25) is 0 Å². The standard InChI is InChI=1S/C27H29BrN2O3/c1-27(2)21-12-18(33-25(16-13-32-14-16)15-7-9-29-10-8-15)4-6-19(21)24(31)23-20-5-3-17(28)11-22(20)30-26(23)27/h3-6,11-12,15-16,25,29-30H,7-10,13-14H2,1-2H3. The molecule has 2 saturated heterocycles. The minimum atomic E-state index is -0.340. The van der Waals surface area contributed by atoms with Crippen molar-refractivity contribution in [1.82, 2.24) is 10.3 Å². The number of hydrogen-bond donors (Lipinski definition) is 2. The van der Waals surface area contributed by atoms with Crippen LogP contribution in [-0.2, 0) is 10.2 Å². The van der Waals surface area contributed by atoms with E-state index in [4.69, 9.17) is 9.47 Å². The summed E-state index contributed by atoms with van der Waals surface area (Å²) < 4.78 is 13.2. The molecule has 2 aromatic carbocycles. The summed E-state index contributed by atoms with van der Waals surface area (Å²) >= 11 is 3.55. The van der Waals surface area contributed by atoms with Crippen LogP contribution in [0.1, 0.15) is 53.9 Å². The normalized spacial score (nSPS) is 21.4. The van der Waals surface area contributed by atoms with Gasteiger partial charge in [0.05, 0.1) is 18.8 Å². The summed E-state index contributed by atoms with van der Waals surface area (Å²) in [4.78, 5) is 17.2. The third-order valence-electron chi connectivity index (χ3n) is 7.77. The Morgan fingerprint density at radius 1 is 1.09 bits per heavy atom. The maximum absolute atomic E-state index is 13.6. The van der Waals surface area contributed by atoms with E-state index in [1.807, 2.05) is 30.3 Å². The van der Waals surface area contributed by atoms with E-state index in [0.29, 0.717) is 11.8 Å². The number of piperidine rings is 1. The molecule has 1 aliphatic carbocycles. The van der Waals surface area contributed by atoms with E-state index in [9.17, 15) is 4.79 Å². The topological polar surface area (TPSA) is 63.4 Å². The highest BCUT2D eigenvalue weighted by Crippen LogP contribution is 2.45. The average molecular weight is 509 g/mol. The average Bonchev–Trinajstić information content (AvgIpc) is 3.16. The number of aromatic nitrogens is 1. The highest BCUT2D eigenvalue weighted by atomic mass is 79.9. The molecule has 0 bridgehead atoms. The molecule has 6 rings (SSSR count). The van der Waals surface area contributed by atoms with Crippen LogP contribution in [0, 0.1) is 11.8 Å². The highest BCUT2D eigenvalue weighted by Gasteiger charge is 2.41. The zero-order valence-electron chi connectivity index (χ0n) is 19.0. The zero-order valence-corrected chi connectivity index (χ0v) is 20.6. The molecule has 1 atom stereocenters. The number of carbonyl (C=O) groups excluding carboxylic acids is 1. The Morgan fingerprint density at radius 2 is 1.88 bits per heavy atom. The third-order valence-corrected chi connectivity index (χ3v) is 8.26. The fraction of sp³-hybridized carbons (Fsp3) is 0.444. The van der Waals surface area contributed by atoms with Crippen molar-refractivity contribution in [2.45, 2.75) is 38.2 Å². The quantitative estimate of drug-likeness (QED) is 0.508. The third kappa shape index (κ3) is 3.46. The van der Waals surface area contributed by atoms with Gasteiger partial charge in [-0.2, -0.15) is 0 Å². The number of H-pyrrole nitrogens is 1. The van der Waals surface area contributed by atoms with Crippen LogP contribution in [0.5, 0.6) is 5.75 Å². The fourth-order valence-electron chi connectivity index (χ4n) is 5.81. The maximum atomic E-state index is 13.6. The number of rotatable bonds is 4. The number of carbonyl (C=O) groups is 1. The lowest BCUT2D eigenvalue weighted by molar-refractivity contribution is -0.102. The van der Waals surface area contributed by atoms with Gasteiger partial charge in [-0.25, -0.2) is 0 Å². The van der Waals surface area contributed by atoms with E-state index in [2.05, 4.69) is 46.1 Å². The van der Waals surface area contributed by atoms with E-state index < -0.39 is 0 Å². The summed E-state index contributed by atoms with van der Waals surface area (Å²) in [7, 11) is 0. The number of nitrogens with one attached hydrogen (secondary N) is 2. The van der Waals surface area contributed by atoms with Gasteiger partial charge in [-0.1, -0.05) is 35.8 Å². The number of aromatic amines is 1. The van der Waals surface area contributed by atoms with Crippen LogP contribution in [0.3, 0.4) is 0 Å². The molecule has 33 heavy (non-hydrogen) atoms. The highest BCUT2D eigenvalue weighted by molar-refractivity contribution is 9.10. The lowest BCUT2D eigenvalue weighted by Gasteiger charge is -2.40. The second-order valence-corrected chi connectivity index (χ2v) is 11.1. The lowest BCUT2D eigenvalue weighted by atomic mass is 9.71. The van der Waals surface area contributed by atoms with Crippen molar-refractivity contribution >= 4 is 32.6 Å². The second-order valence-electron chi connectivity index (χ2n) is 10.2. The van der Waals surface area contributed by atoms with E-state index in [-0.39, 0.29) is 17.3 Å². The number of ether oxygens (including phenoxy) is 2. The first-order valence-corrected chi connectivity index (χ1v) is 12.7. The van der Waals surface area contributed by atoms with E-state index in [0.717, 1.165) is 82.7 Å². The zero-order chi connectivity index (χ0) is 22.7. The molecule has 0 radical (unpaired) electrons. The number of benzene rings is 2. The predicted octanol–water partition coefficient (Wildman–Crippen LogP) is 5.19. The Bertz CT molecular complexity index is 1240. The molecule has 1 aromatic heterocycles. The molecule has 3 aromatic rings. The lowest BCUT2D eigenvalue weighted by Crippen LogP contribution is -2.48. The number of hydrogen-bond acceptors (Lipinski definition) is 4. The molecular weight excluding hydrogens is 480 g/mol. The van der Waals surface area contributed by atoms with Crippen molar-refractivity contribution < 1.29 is 14.3 Å². The van der Waals surface area contributed by atoms with Crippen LogP contribution >= 0.6 is 15.9 Å². The van der Waals surface area contributed by atoms with E-state index in [1.165, 1.54) is 0 Å². The van der Waals surface area contributed by atoms with Gasteiger partial charge in [0, 0.05) is 38.0 Å². The molecular formula is C27H29BrN2O3. The molecule has 0 spiro atoms. The van der Waals surface area contributed by atoms with Gasteiger partial charge >= 0.3 is 0 Å². The summed E-state index contributed by atoms with van der Waals surface area (Å²) in [6, 6.07) is 12.1. The Balaban J connectivity index is 1.38. The SMILES string of the molecule is CC1(C)c2cc(OC(C3CCNCC3)C3COC3)ccc2C(=O)c2c1[nH]c1cc(Br)ccc21. The van der Waals surface area contributed by atoms with E-state index in [1.54, 1.807) is 0 Å². The molecule has 2 aliphatic heterocycles. The van der Waals surface area contributed by atoms with Crippen LogP contribution < -0.4 is 10.1 Å². The van der Waals surface area contributed by atoms with Crippen molar-refractivity contribution in [2.75, 3.05) is 26.3 Å². The summed E-state index contributed by atoms with van der Waals surface area (Å²) in [6.45, 7) is 8.02. The van der Waals surface area contributed by atoms with E-state index >= 15 is 0 Å². The molecule has 3 aliphatic rings. The molecule has 1 unspecified atom stereocenters. The van der Waals surface area contributed by atoms with Gasteiger partial charge in [0.2, 0.25) is 0 Å². The Kier molecular flexibility index (Phi) is 5.16. The molecule has 5 nitrogen and oxygen atoms in total. The summed E-state index contributed by atoms with van der Waals surface area (Å²) in [6.07, 6.45) is 2.41.